The monoisotopic (exact) mass is 389 g/mol. The Balaban J connectivity index is 1.82. The Hall–Kier alpha value is -3.67. The molecule has 0 aliphatic heterocycles. The van der Waals surface area contributed by atoms with Crippen molar-refractivity contribution in [2.24, 2.45) is 5.10 Å². The van der Waals surface area contributed by atoms with Gasteiger partial charge in [0.1, 0.15) is 12.4 Å². The summed E-state index contributed by atoms with van der Waals surface area (Å²) in [5.74, 6) is -0.908. The summed E-state index contributed by atoms with van der Waals surface area (Å²) in [5, 5.41) is 8.44. The van der Waals surface area contributed by atoms with Gasteiger partial charge < -0.3 is 10.1 Å². The van der Waals surface area contributed by atoms with Crippen LogP contribution in [0.4, 0.5) is 0 Å². The SMILES string of the molecule is CC(C)NC(=O)C(=O)N/N=C\c1c(OCc2ccccc2)ccc2ccccc12. The fraction of sp³-hybridized carbons (Fsp3) is 0.174. The van der Waals surface area contributed by atoms with E-state index in [1.165, 1.54) is 6.21 Å². The first-order valence-electron chi connectivity index (χ1n) is 9.37. The van der Waals surface area contributed by atoms with Crippen molar-refractivity contribution in [1.82, 2.24) is 10.7 Å². The number of carbonyl (C=O) groups excluding carboxylic acids is 2. The van der Waals surface area contributed by atoms with Gasteiger partial charge in [-0.25, -0.2) is 5.43 Å². The van der Waals surface area contributed by atoms with Crippen molar-refractivity contribution in [3.63, 3.8) is 0 Å². The summed E-state index contributed by atoms with van der Waals surface area (Å²) >= 11 is 0. The van der Waals surface area contributed by atoms with E-state index in [-0.39, 0.29) is 6.04 Å². The third-order valence-electron chi connectivity index (χ3n) is 4.15. The van der Waals surface area contributed by atoms with E-state index >= 15 is 0 Å². The van der Waals surface area contributed by atoms with Gasteiger partial charge in [-0.05, 0) is 36.2 Å². The van der Waals surface area contributed by atoms with E-state index in [0.29, 0.717) is 12.4 Å². The number of nitrogens with one attached hydrogen (secondary N) is 2. The molecule has 0 aliphatic carbocycles. The van der Waals surface area contributed by atoms with Gasteiger partial charge in [-0.2, -0.15) is 5.10 Å². The lowest BCUT2D eigenvalue weighted by Gasteiger charge is -2.12. The summed E-state index contributed by atoms with van der Waals surface area (Å²) in [7, 11) is 0. The fourth-order valence-electron chi connectivity index (χ4n) is 2.80. The maximum Gasteiger partial charge on any atom is 0.329 e. The average molecular weight is 389 g/mol. The predicted molar refractivity (Wildman–Crippen MR) is 114 cm³/mol. The van der Waals surface area contributed by atoms with Crippen molar-refractivity contribution < 1.29 is 14.3 Å². The van der Waals surface area contributed by atoms with Gasteiger partial charge in [0.2, 0.25) is 0 Å². The van der Waals surface area contributed by atoms with Gasteiger partial charge in [0.25, 0.3) is 0 Å². The molecular formula is C23H23N3O3. The molecule has 2 amide bonds. The Morgan fingerprint density at radius 1 is 0.966 bits per heavy atom. The van der Waals surface area contributed by atoms with Crippen LogP contribution in [0.25, 0.3) is 10.8 Å². The summed E-state index contributed by atoms with van der Waals surface area (Å²) in [4.78, 5) is 23.6. The van der Waals surface area contributed by atoms with Crippen molar-refractivity contribution in [1.29, 1.82) is 0 Å². The van der Waals surface area contributed by atoms with Gasteiger partial charge in [0, 0.05) is 11.6 Å². The van der Waals surface area contributed by atoms with E-state index in [0.717, 1.165) is 21.9 Å². The highest BCUT2D eigenvalue weighted by molar-refractivity contribution is 6.35. The van der Waals surface area contributed by atoms with E-state index in [4.69, 9.17) is 4.74 Å². The zero-order valence-corrected chi connectivity index (χ0v) is 16.4. The molecule has 0 atom stereocenters. The highest BCUT2D eigenvalue weighted by atomic mass is 16.5. The lowest BCUT2D eigenvalue weighted by Crippen LogP contribution is -2.41. The molecule has 0 saturated heterocycles. The van der Waals surface area contributed by atoms with E-state index < -0.39 is 11.8 Å². The van der Waals surface area contributed by atoms with Gasteiger partial charge in [0.15, 0.2) is 0 Å². The molecule has 6 heteroatoms. The Morgan fingerprint density at radius 3 is 2.45 bits per heavy atom. The molecule has 0 aliphatic rings. The third-order valence-corrected chi connectivity index (χ3v) is 4.15. The van der Waals surface area contributed by atoms with Crippen molar-refractivity contribution >= 4 is 28.8 Å². The Labute approximate surface area is 169 Å². The van der Waals surface area contributed by atoms with E-state index in [1.807, 2.05) is 66.7 Å². The van der Waals surface area contributed by atoms with Crippen molar-refractivity contribution in [2.45, 2.75) is 26.5 Å². The number of nitrogens with zero attached hydrogens (tertiary/aromatic N) is 1. The maximum absolute atomic E-state index is 11.9. The molecule has 2 N–H and O–H groups in total. The number of carbonyl (C=O) groups is 2. The number of ether oxygens (including phenoxy) is 1. The molecule has 0 fully saturated rings. The lowest BCUT2D eigenvalue weighted by molar-refractivity contribution is -0.139. The second-order valence-corrected chi connectivity index (χ2v) is 6.80. The number of amides is 2. The van der Waals surface area contributed by atoms with Crippen LogP contribution in [0.3, 0.4) is 0 Å². The van der Waals surface area contributed by atoms with Crippen LogP contribution in [0.15, 0.2) is 71.8 Å². The van der Waals surface area contributed by atoms with E-state index in [1.54, 1.807) is 13.8 Å². The first-order valence-corrected chi connectivity index (χ1v) is 9.37. The number of rotatable bonds is 6. The molecule has 0 aromatic heterocycles. The molecule has 6 nitrogen and oxygen atoms in total. The topological polar surface area (TPSA) is 79.8 Å². The van der Waals surface area contributed by atoms with E-state index in [2.05, 4.69) is 15.8 Å². The molecule has 0 radical (unpaired) electrons. The van der Waals surface area contributed by atoms with Crippen LogP contribution in [0, 0.1) is 0 Å². The molecule has 0 spiro atoms. The number of benzene rings is 3. The quantitative estimate of drug-likeness (QED) is 0.385. The van der Waals surface area contributed by atoms with Gasteiger partial charge >= 0.3 is 11.8 Å². The molecule has 0 unspecified atom stereocenters. The average Bonchev–Trinajstić information content (AvgIpc) is 2.73. The molecule has 3 aromatic rings. The molecule has 0 saturated carbocycles. The highest BCUT2D eigenvalue weighted by Gasteiger charge is 2.13. The first kappa shape index (κ1) is 20.1. The molecule has 0 bridgehead atoms. The smallest absolute Gasteiger partial charge is 0.329 e. The molecular weight excluding hydrogens is 366 g/mol. The number of fused-ring (bicyclic) bond motifs is 1. The number of hydrazone groups is 1. The minimum atomic E-state index is -0.818. The van der Waals surface area contributed by atoms with Crippen molar-refractivity contribution in [3.05, 3.63) is 77.9 Å². The second kappa shape index (κ2) is 9.50. The second-order valence-electron chi connectivity index (χ2n) is 6.80. The van der Waals surface area contributed by atoms with Gasteiger partial charge in [-0.3, -0.25) is 9.59 Å². The standard InChI is InChI=1S/C23H23N3O3/c1-16(2)25-22(27)23(28)26-24-14-20-19-11-7-6-10-18(19)12-13-21(20)29-15-17-8-4-3-5-9-17/h3-14,16H,15H2,1-2H3,(H,25,27)(H,26,28)/b24-14-. The van der Waals surface area contributed by atoms with Crippen molar-refractivity contribution in [3.8, 4) is 5.75 Å². The van der Waals surface area contributed by atoms with Gasteiger partial charge in [-0.15, -0.1) is 0 Å². The summed E-state index contributed by atoms with van der Waals surface area (Å²) in [6.07, 6.45) is 1.50. The summed E-state index contributed by atoms with van der Waals surface area (Å²) in [6, 6.07) is 21.4. The number of hydrogen-bond acceptors (Lipinski definition) is 4. The fourth-order valence-corrected chi connectivity index (χ4v) is 2.80. The Bertz CT molecular complexity index is 1030. The summed E-state index contributed by atoms with van der Waals surface area (Å²) in [6.45, 7) is 3.96. The largest absolute Gasteiger partial charge is 0.488 e. The van der Waals surface area contributed by atoms with Crippen LogP contribution in [0.2, 0.25) is 0 Å². The summed E-state index contributed by atoms with van der Waals surface area (Å²) in [5.41, 5.74) is 4.03. The highest BCUT2D eigenvalue weighted by Crippen LogP contribution is 2.27. The van der Waals surface area contributed by atoms with Crippen LogP contribution in [0.5, 0.6) is 5.75 Å². The maximum atomic E-state index is 11.9. The normalized spacial score (nSPS) is 11.0. The molecule has 0 heterocycles. The predicted octanol–water partition coefficient (Wildman–Crippen LogP) is 3.39. The molecule has 148 valence electrons. The van der Waals surface area contributed by atoms with Crippen LogP contribution >= 0.6 is 0 Å². The van der Waals surface area contributed by atoms with Crippen LogP contribution in [-0.2, 0) is 16.2 Å². The van der Waals surface area contributed by atoms with Crippen LogP contribution in [-0.4, -0.2) is 24.1 Å². The third kappa shape index (κ3) is 5.42. The first-order chi connectivity index (χ1) is 14.0. The molecule has 3 rings (SSSR count). The Morgan fingerprint density at radius 2 is 1.69 bits per heavy atom. The van der Waals surface area contributed by atoms with Crippen molar-refractivity contribution in [2.75, 3.05) is 0 Å². The summed E-state index contributed by atoms with van der Waals surface area (Å²) < 4.78 is 6.01. The molecule has 29 heavy (non-hydrogen) atoms. The van der Waals surface area contributed by atoms with Gasteiger partial charge in [-0.1, -0.05) is 60.7 Å². The van der Waals surface area contributed by atoms with Crippen LogP contribution < -0.4 is 15.5 Å². The van der Waals surface area contributed by atoms with Gasteiger partial charge in [0.05, 0.1) is 6.21 Å². The Kier molecular flexibility index (Phi) is 6.58. The number of hydrogen-bond donors (Lipinski definition) is 2. The molecule has 3 aromatic carbocycles. The zero-order valence-electron chi connectivity index (χ0n) is 16.4. The lowest BCUT2D eigenvalue weighted by atomic mass is 10.0. The minimum absolute atomic E-state index is 0.131. The zero-order chi connectivity index (χ0) is 20.6. The minimum Gasteiger partial charge on any atom is -0.488 e. The van der Waals surface area contributed by atoms with E-state index in [9.17, 15) is 9.59 Å². The van der Waals surface area contributed by atoms with Crippen LogP contribution in [0.1, 0.15) is 25.0 Å².